The van der Waals surface area contributed by atoms with Crippen LogP contribution in [0.4, 0.5) is 0 Å². The van der Waals surface area contributed by atoms with E-state index in [1.165, 1.54) is 35.8 Å². The van der Waals surface area contributed by atoms with Crippen molar-refractivity contribution >= 4 is 22.3 Å². The van der Waals surface area contributed by atoms with Gasteiger partial charge in [0.05, 0.1) is 5.69 Å². The molecule has 3 nitrogen and oxygen atoms in total. The summed E-state index contributed by atoms with van der Waals surface area (Å²) < 4.78 is 2.24. The lowest BCUT2D eigenvalue weighted by molar-refractivity contribution is 0.739. The van der Waals surface area contributed by atoms with Crippen molar-refractivity contribution in [1.29, 1.82) is 0 Å². The Morgan fingerprint density at radius 2 is 1.86 bits per heavy atom. The van der Waals surface area contributed by atoms with E-state index in [4.69, 9.17) is 4.98 Å². The largest absolute Gasteiger partial charge is 0.388 e. The van der Waals surface area contributed by atoms with Crippen LogP contribution >= 0.6 is 0 Å². The molecule has 0 amide bonds. The molecule has 0 saturated heterocycles. The summed E-state index contributed by atoms with van der Waals surface area (Å²) in [7, 11) is 1.90. The van der Waals surface area contributed by atoms with Gasteiger partial charge in [-0.25, -0.2) is 4.98 Å². The van der Waals surface area contributed by atoms with Crippen LogP contribution in [0.5, 0.6) is 0 Å². The molecule has 0 radical (unpaired) electrons. The molecule has 0 saturated carbocycles. The van der Waals surface area contributed by atoms with E-state index in [0.29, 0.717) is 0 Å². The van der Waals surface area contributed by atoms with Crippen LogP contribution < -0.4 is 5.32 Å². The van der Waals surface area contributed by atoms with Gasteiger partial charge in [0.15, 0.2) is 0 Å². The van der Waals surface area contributed by atoms with E-state index in [0.717, 1.165) is 35.6 Å². The Morgan fingerprint density at radius 1 is 1.07 bits per heavy atom. The van der Waals surface area contributed by atoms with Crippen molar-refractivity contribution in [2.75, 3.05) is 7.05 Å². The maximum Gasteiger partial charge on any atom is 0.140 e. The normalized spacial score (nSPS) is 13.5. The molecule has 0 bridgehead atoms. The topological polar surface area (TPSA) is 29.9 Å². The Labute approximate surface area is 168 Å². The average molecular weight is 374 g/mol. The Bertz CT molecular complexity index is 961. The predicted molar refractivity (Wildman–Crippen MR) is 121 cm³/mol. The molecule has 4 rings (SSSR count). The third-order valence-corrected chi connectivity index (χ3v) is 5.19. The fraction of sp³-hybridized carbons (Fsp3) is 0.320. The van der Waals surface area contributed by atoms with Crippen LogP contribution in [0.2, 0.25) is 0 Å². The van der Waals surface area contributed by atoms with Gasteiger partial charge in [-0.15, -0.1) is 0 Å². The molecule has 1 aliphatic rings. The summed E-state index contributed by atoms with van der Waals surface area (Å²) in [4.78, 5) is 4.98. The first kappa shape index (κ1) is 19.9. The number of fused-ring (bicyclic) bond motifs is 1. The number of aromatic nitrogens is 2. The van der Waals surface area contributed by atoms with Gasteiger partial charge in [0, 0.05) is 30.9 Å². The highest BCUT2D eigenvalue weighted by molar-refractivity contribution is 5.79. The monoisotopic (exact) mass is 373 g/mol. The van der Waals surface area contributed by atoms with Gasteiger partial charge in [0.2, 0.25) is 0 Å². The number of benzene rings is 1. The average Bonchev–Trinajstić information content (AvgIpc) is 3.17. The van der Waals surface area contributed by atoms with Crippen LogP contribution in [0.15, 0.2) is 61.3 Å². The van der Waals surface area contributed by atoms with E-state index in [1.54, 1.807) is 0 Å². The van der Waals surface area contributed by atoms with Gasteiger partial charge in [-0.05, 0) is 60.6 Å². The smallest absolute Gasteiger partial charge is 0.140 e. The van der Waals surface area contributed by atoms with Gasteiger partial charge in [0.1, 0.15) is 5.65 Å². The minimum atomic E-state index is 0.825. The van der Waals surface area contributed by atoms with Gasteiger partial charge >= 0.3 is 0 Å². The quantitative estimate of drug-likeness (QED) is 0.572. The summed E-state index contributed by atoms with van der Waals surface area (Å²) in [5, 5.41) is 4.29. The first-order valence-corrected chi connectivity index (χ1v) is 10.4. The van der Waals surface area contributed by atoms with Gasteiger partial charge in [-0.2, -0.15) is 0 Å². The zero-order valence-corrected chi connectivity index (χ0v) is 17.3. The number of pyridine rings is 1. The van der Waals surface area contributed by atoms with Gasteiger partial charge < -0.3 is 9.88 Å². The number of allylic oxidation sites excluding steroid dienone is 2. The highest BCUT2D eigenvalue weighted by Gasteiger charge is 2.10. The maximum atomic E-state index is 4.98. The minimum absolute atomic E-state index is 0.825. The van der Waals surface area contributed by atoms with E-state index in [1.807, 2.05) is 20.9 Å². The van der Waals surface area contributed by atoms with Crippen molar-refractivity contribution in [2.45, 2.75) is 46.1 Å². The molecule has 3 aromatic rings. The zero-order valence-electron chi connectivity index (χ0n) is 17.3. The number of nitrogens with zero attached hydrogens (tertiary/aromatic N) is 2. The second-order valence-electron chi connectivity index (χ2n) is 6.95. The zero-order chi connectivity index (χ0) is 19.9. The Hall–Kier alpha value is -2.81. The summed E-state index contributed by atoms with van der Waals surface area (Å²) in [5.41, 5.74) is 6.93. The van der Waals surface area contributed by atoms with Crippen molar-refractivity contribution in [2.24, 2.45) is 0 Å². The predicted octanol–water partition coefficient (Wildman–Crippen LogP) is 6.26. The van der Waals surface area contributed by atoms with E-state index >= 15 is 0 Å². The third kappa shape index (κ3) is 4.36. The van der Waals surface area contributed by atoms with E-state index < -0.39 is 0 Å². The van der Waals surface area contributed by atoms with Crippen molar-refractivity contribution in [3.8, 4) is 0 Å². The molecular formula is C25H31N3. The Morgan fingerprint density at radius 3 is 2.54 bits per heavy atom. The molecule has 0 aliphatic heterocycles. The molecule has 1 N–H and O–H groups in total. The lowest BCUT2D eigenvalue weighted by Gasteiger charge is -2.13. The van der Waals surface area contributed by atoms with Crippen molar-refractivity contribution < 1.29 is 0 Å². The van der Waals surface area contributed by atoms with Crippen LogP contribution in [-0.4, -0.2) is 16.6 Å². The van der Waals surface area contributed by atoms with E-state index in [2.05, 4.69) is 71.2 Å². The Balaban J connectivity index is 0.00000109. The molecule has 0 fully saturated rings. The first-order valence-electron chi connectivity index (χ1n) is 10.4. The second-order valence-corrected chi connectivity index (χ2v) is 6.95. The summed E-state index contributed by atoms with van der Waals surface area (Å²) in [6.07, 6.45) is 9.40. The molecule has 1 aromatic carbocycles. The molecule has 0 atom stereocenters. The molecule has 2 heterocycles. The van der Waals surface area contributed by atoms with Crippen LogP contribution in [0, 0.1) is 0 Å². The fourth-order valence-corrected chi connectivity index (χ4v) is 3.59. The van der Waals surface area contributed by atoms with Crippen LogP contribution in [0.25, 0.3) is 22.3 Å². The third-order valence-electron chi connectivity index (χ3n) is 5.19. The summed E-state index contributed by atoms with van der Waals surface area (Å²) in [6.45, 7) is 8.84. The Kier molecular flexibility index (Phi) is 6.70. The second kappa shape index (κ2) is 9.41. The highest BCUT2D eigenvalue weighted by atomic mass is 15.0. The first-order chi connectivity index (χ1) is 13.7. The van der Waals surface area contributed by atoms with Crippen molar-refractivity contribution in [3.63, 3.8) is 0 Å². The van der Waals surface area contributed by atoms with Gasteiger partial charge in [-0.3, -0.25) is 0 Å². The summed E-state index contributed by atoms with van der Waals surface area (Å²) in [6, 6.07) is 15.1. The van der Waals surface area contributed by atoms with Crippen LogP contribution in [-0.2, 0) is 6.54 Å². The number of hydrogen-bond acceptors (Lipinski definition) is 2. The highest BCUT2D eigenvalue weighted by Crippen LogP contribution is 2.27. The lowest BCUT2D eigenvalue weighted by Crippen LogP contribution is -2.04. The molecule has 2 aromatic heterocycles. The van der Waals surface area contributed by atoms with E-state index in [9.17, 15) is 0 Å². The number of rotatable bonds is 5. The van der Waals surface area contributed by atoms with Crippen molar-refractivity contribution in [3.05, 3.63) is 78.1 Å². The molecule has 3 heteroatoms. The van der Waals surface area contributed by atoms with Gasteiger partial charge in [-0.1, -0.05) is 50.8 Å². The number of hydrogen-bond donors (Lipinski definition) is 1. The fourth-order valence-electron chi connectivity index (χ4n) is 3.59. The lowest BCUT2D eigenvalue weighted by atomic mass is 9.97. The van der Waals surface area contributed by atoms with E-state index in [-0.39, 0.29) is 0 Å². The molecule has 146 valence electrons. The van der Waals surface area contributed by atoms with Crippen LogP contribution in [0.3, 0.4) is 0 Å². The standard InChI is InChI=1S/C23H25N3.C2H6/c1-17(24-2)19-10-8-18(9-11-19)16-26-15-14-21-12-13-22(25-23(21)26)20-6-4-3-5-7-20;1-2/h6,8-15,24H,1,3-5,7,16H2,2H3;1-2H3. The van der Waals surface area contributed by atoms with Crippen molar-refractivity contribution in [1.82, 2.24) is 14.9 Å². The van der Waals surface area contributed by atoms with Crippen LogP contribution in [0.1, 0.15) is 56.4 Å². The maximum absolute atomic E-state index is 4.98. The van der Waals surface area contributed by atoms with Gasteiger partial charge in [0.25, 0.3) is 0 Å². The summed E-state index contributed by atoms with van der Waals surface area (Å²) >= 11 is 0. The molecular weight excluding hydrogens is 342 g/mol. The molecule has 1 aliphatic carbocycles. The molecule has 0 unspecified atom stereocenters. The SMILES string of the molecule is C=C(NC)c1ccc(Cn2ccc3ccc(C4=CCCCC4)nc32)cc1.CC. The number of nitrogens with one attached hydrogen (secondary N) is 1. The summed E-state index contributed by atoms with van der Waals surface area (Å²) in [5.74, 6) is 0. The molecule has 28 heavy (non-hydrogen) atoms. The molecule has 0 spiro atoms. The minimum Gasteiger partial charge on any atom is -0.388 e.